The first kappa shape index (κ1) is 20.6. The van der Waals surface area contributed by atoms with Crippen LogP contribution in [0.25, 0.3) is 0 Å². The predicted molar refractivity (Wildman–Crippen MR) is 109 cm³/mol. The Morgan fingerprint density at radius 2 is 1.73 bits per heavy atom. The lowest BCUT2D eigenvalue weighted by molar-refractivity contribution is -0.154. The molecule has 7 nitrogen and oxygen atoms in total. The van der Waals surface area contributed by atoms with Gasteiger partial charge in [0.05, 0.1) is 18.3 Å². The Hall–Kier alpha value is -2.70. The molecule has 30 heavy (non-hydrogen) atoms. The molecule has 3 atom stereocenters. The van der Waals surface area contributed by atoms with E-state index in [0.29, 0.717) is 5.69 Å². The Balaban J connectivity index is 1.26. The SMILES string of the molecule is CC(OC(=O)CCN1C(=O)C2CCCCC2C1=O)C(=O)Nc1ccc2c(c1)CCC2. The molecule has 1 saturated heterocycles. The zero-order valence-electron chi connectivity index (χ0n) is 17.3. The Bertz CT molecular complexity index is 856. The first-order chi connectivity index (χ1) is 14.4. The van der Waals surface area contributed by atoms with Crippen LogP contribution in [0.3, 0.4) is 0 Å². The molecular formula is C23H28N2O5. The summed E-state index contributed by atoms with van der Waals surface area (Å²) in [6.45, 7) is 1.53. The Labute approximate surface area is 176 Å². The Morgan fingerprint density at radius 1 is 1.07 bits per heavy atom. The van der Waals surface area contributed by atoms with Gasteiger partial charge in [-0.3, -0.25) is 24.1 Å². The molecule has 1 aromatic rings. The van der Waals surface area contributed by atoms with Gasteiger partial charge in [-0.25, -0.2) is 0 Å². The number of rotatable bonds is 6. The van der Waals surface area contributed by atoms with E-state index in [-0.39, 0.29) is 36.6 Å². The first-order valence-electron chi connectivity index (χ1n) is 10.9. The van der Waals surface area contributed by atoms with Gasteiger partial charge in [0, 0.05) is 12.2 Å². The molecule has 0 radical (unpaired) electrons. The van der Waals surface area contributed by atoms with Crippen LogP contribution in [0.4, 0.5) is 5.69 Å². The third-order valence-corrected chi connectivity index (χ3v) is 6.52. The third kappa shape index (κ3) is 4.11. The highest BCUT2D eigenvalue weighted by Crippen LogP contribution is 2.38. The second kappa shape index (κ2) is 8.58. The summed E-state index contributed by atoms with van der Waals surface area (Å²) in [5.74, 6) is -1.78. The van der Waals surface area contributed by atoms with Gasteiger partial charge in [0.2, 0.25) is 11.8 Å². The van der Waals surface area contributed by atoms with Crippen molar-refractivity contribution < 1.29 is 23.9 Å². The smallest absolute Gasteiger partial charge is 0.308 e. The van der Waals surface area contributed by atoms with Gasteiger partial charge >= 0.3 is 5.97 Å². The number of ether oxygens (including phenoxy) is 1. The van der Waals surface area contributed by atoms with Crippen molar-refractivity contribution in [1.29, 1.82) is 0 Å². The summed E-state index contributed by atoms with van der Waals surface area (Å²) in [4.78, 5) is 50.7. The lowest BCUT2D eigenvalue weighted by Crippen LogP contribution is -2.35. The zero-order valence-corrected chi connectivity index (χ0v) is 17.3. The molecule has 1 aromatic carbocycles. The number of fused-ring (bicyclic) bond motifs is 2. The van der Waals surface area contributed by atoms with Crippen LogP contribution < -0.4 is 5.32 Å². The van der Waals surface area contributed by atoms with Gasteiger partial charge < -0.3 is 10.1 Å². The zero-order chi connectivity index (χ0) is 21.3. The van der Waals surface area contributed by atoms with Crippen LogP contribution in [0.15, 0.2) is 18.2 Å². The molecule has 1 heterocycles. The van der Waals surface area contributed by atoms with E-state index in [2.05, 4.69) is 5.32 Å². The maximum atomic E-state index is 12.5. The molecule has 160 valence electrons. The van der Waals surface area contributed by atoms with Crippen LogP contribution >= 0.6 is 0 Å². The molecule has 1 aliphatic heterocycles. The summed E-state index contributed by atoms with van der Waals surface area (Å²) in [6.07, 6.45) is 5.57. The molecule has 1 N–H and O–H groups in total. The van der Waals surface area contributed by atoms with Gasteiger partial charge in [-0.05, 0) is 62.3 Å². The minimum absolute atomic E-state index is 0.0165. The number of nitrogens with zero attached hydrogens (tertiary/aromatic N) is 1. The second-order valence-corrected chi connectivity index (χ2v) is 8.53. The molecule has 2 aliphatic carbocycles. The number of aryl methyl sites for hydroxylation is 2. The van der Waals surface area contributed by atoms with Crippen molar-refractivity contribution in [3.8, 4) is 0 Å². The molecule has 3 unspecified atom stereocenters. The van der Waals surface area contributed by atoms with E-state index >= 15 is 0 Å². The molecule has 0 spiro atoms. The van der Waals surface area contributed by atoms with Crippen LogP contribution in [0.5, 0.6) is 0 Å². The summed E-state index contributed by atoms with van der Waals surface area (Å²) in [7, 11) is 0. The predicted octanol–water partition coefficient (Wildman–Crippen LogP) is 2.61. The summed E-state index contributed by atoms with van der Waals surface area (Å²) in [5, 5.41) is 2.79. The minimum atomic E-state index is -0.960. The summed E-state index contributed by atoms with van der Waals surface area (Å²) in [6, 6.07) is 5.86. The standard InChI is InChI=1S/C23H28N2O5/c1-14(21(27)24-17-10-9-15-5-4-6-16(15)13-17)30-20(26)11-12-25-22(28)18-7-2-3-8-19(18)23(25)29/h9-10,13-14,18-19H,2-8,11-12H2,1H3,(H,24,27). The second-order valence-electron chi connectivity index (χ2n) is 8.53. The number of anilines is 1. The van der Waals surface area contributed by atoms with E-state index < -0.39 is 18.0 Å². The lowest BCUT2D eigenvalue weighted by atomic mass is 9.81. The summed E-state index contributed by atoms with van der Waals surface area (Å²) < 4.78 is 5.23. The van der Waals surface area contributed by atoms with E-state index in [1.54, 1.807) is 0 Å². The molecule has 0 aromatic heterocycles. The minimum Gasteiger partial charge on any atom is -0.452 e. The van der Waals surface area contributed by atoms with E-state index in [0.717, 1.165) is 44.9 Å². The van der Waals surface area contributed by atoms with Gasteiger partial charge in [0.1, 0.15) is 0 Å². The Morgan fingerprint density at radius 3 is 2.43 bits per heavy atom. The van der Waals surface area contributed by atoms with Crippen LogP contribution in [0.1, 0.15) is 56.6 Å². The van der Waals surface area contributed by atoms with Crippen molar-refractivity contribution in [2.75, 3.05) is 11.9 Å². The highest BCUT2D eigenvalue weighted by Gasteiger charge is 2.47. The number of esters is 1. The van der Waals surface area contributed by atoms with E-state index in [1.807, 2.05) is 18.2 Å². The fraction of sp³-hybridized carbons (Fsp3) is 0.565. The van der Waals surface area contributed by atoms with E-state index in [1.165, 1.54) is 23.0 Å². The monoisotopic (exact) mass is 412 g/mol. The van der Waals surface area contributed by atoms with Gasteiger partial charge in [-0.15, -0.1) is 0 Å². The van der Waals surface area contributed by atoms with Crippen LogP contribution in [0.2, 0.25) is 0 Å². The van der Waals surface area contributed by atoms with Crippen molar-refractivity contribution in [3.05, 3.63) is 29.3 Å². The van der Waals surface area contributed by atoms with Gasteiger partial charge in [0.25, 0.3) is 5.91 Å². The van der Waals surface area contributed by atoms with Crippen molar-refractivity contribution in [1.82, 2.24) is 4.90 Å². The summed E-state index contributed by atoms with van der Waals surface area (Å²) in [5.41, 5.74) is 3.26. The van der Waals surface area contributed by atoms with Gasteiger partial charge in [-0.1, -0.05) is 18.9 Å². The molecule has 7 heteroatoms. The quantitative estimate of drug-likeness (QED) is 0.573. The number of likely N-dealkylation sites (tertiary alicyclic amines) is 1. The number of nitrogens with one attached hydrogen (secondary N) is 1. The number of hydrogen-bond acceptors (Lipinski definition) is 5. The topological polar surface area (TPSA) is 92.8 Å². The van der Waals surface area contributed by atoms with Crippen molar-refractivity contribution >= 4 is 29.4 Å². The van der Waals surface area contributed by atoms with Crippen LogP contribution in [-0.4, -0.2) is 41.2 Å². The average Bonchev–Trinajstić information content (AvgIpc) is 3.29. The van der Waals surface area contributed by atoms with Crippen molar-refractivity contribution in [2.45, 2.75) is 64.4 Å². The highest BCUT2D eigenvalue weighted by molar-refractivity contribution is 6.05. The maximum absolute atomic E-state index is 12.5. The normalized spacial score (nSPS) is 23.7. The molecule has 0 bridgehead atoms. The molecule has 2 fully saturated rings. The third-order valence-electron chi connectivity index (χ3n) is 6.52. The molecule has 3 aliphatic rings. The van der Waals surface area contributed by atoms with Crippen LogP contribution in [-0.2, 0) is 36.8 Å². The lowest BCUT2D eigenvalue weighted by Gasteiger charge is -2.19. The molecule has 1 saturated carbocycles. The molecular weight excluding hydrogens is 384 g/mol. The number of benzene rings is 1. The number of carbonyl (C=O) groups excluding carboxylic acids is 4. The van der Waals surface area contributed by atoms with E-state index in [9.17, 15) is 19.2 Å². The number of amides is 3. The van der Waals surface area contributed by atoms with Gasteiger partial charge in [-0.2, -0.15) is 0 Å². The van der Waals surface area contributed by atoms with Gasteiger partial charge in [0.15, 0.2) is 6.10 Å². The molecule has 4 rings (SSSR count). The maximum Gasteiger partial charge on any atom is 0.308 e. The van der Waals surface area contributed by atoms with Crippen molar-refractivity contribution in [2.24, 2.45) is 11.8 Å². The number of carbonyl (C=O) groups is 4. The average molecular weight is 412 g/mol. The van der Waals surface area contributed by atoms with Crippen LogP contribution in [0, 0.1) is 11.8 Å². The largest absolute Gasteiger partial charge is 0.452 e. The highest BCUT2D eigenvalue weighted by atomic mass is 16.5. The summed E-state index contributed by atoms with van der Waals surface area (Å²) >= 11 is 0. The van der Waals surface area contributed by atoms with E-state index in [4.69, 9.17) is 4.74 Å². The number of hydrogen-bond donors (Lipinski definition) is 1. The fourth-order valence-corrected chi connectivity index (χ4v) is 4.86. The number of imide groups is 1. The Kier molecular flexibility index (Phi) is 5.88. The first-order valence-corrected chi connectivity index (χ1v) is 10.9. The van der Waals surface area contributed by atoms with Crippen molar-refractivity contribution in [3.63, 3.8) is 0 Å². The molecule has 3 amide bonds. The fourth-order valence-electron chi connectivity index (χ4n) is 4.86.